The van der Waals surface area contributed by atoms with Crippen LogP contribution in [0.4, 0.5) is 0 Å². The van der Waals surface area contributed by atoms with Crippen LogP contribution >= 0.6 is 34.3 Å². The Morgan fingerprint density at radius 2 is 1.89 bits per heavy atom. The van der Waals surface area contributed by atoms with Crippen LogP contribution in [0.3, 0.4) is 0 Å². The first-order valence-corrected chi connectivity index (χ1v) is 11.1. The second kappa shape index (κ2) is 9.36. The zero-order chi connectivity index (χ0) is 19.2. The zero-order valence-corrected chi connectivity index (χ0v) is 17.5. The minimum absolute atomic E-state index is 0.402. The number of nitriles is 1. The van der Waals surface area contributed by atoms with Crippen LogP contribution in [0.5, 0.6) is 5.75 Å². The maximum atomic E-state index is 12.5. The molecule has 0 bridgehead atoms. The fourth-order valence-electron chi connectivity index (χ4n) is 2.82. The number of hydrogen-bond donors (Lipinski definition) is 0. The number of rotatable bonds is 8. The molecule has 3 aromatic rings. The van der Waals surface area contributed by atoms with E-state index >= 15 is 0 Å². The van der Waals surface area contributed by atoms with Gasteiger partial charge in [-0.2, -0.15) is 5.26 Å². The van der Waals surface area contributed by atoms with E-state index in [2.05, 4.69) is 13.0 Å². The van der Waals surface area contributed by atoms with Crippen LogP contribution in [0.1, 0.15) is 59.1 Å². The number of carbonyl (C=O) groups excluding carboxylic acids is 1. The summed E-state index contributed by atoms with van der Waals surface area (Å²) in [5.74, 6) is -0.0567. The number of esters is 1. The molecule has 1 aromatic carbocycles. The van der Waals surface area contributed by atoms with Crippen molar-refractivity contribution in [2.75, 3.05) is 0 Å². The molecule has 2 heterocycles. The Balaban J connectivity index is 1.66. The fourth-order valence-corrected chi connectivity index (χ4v) is 5.64. The summed E-state index contributed by atoms with van der Waals surface area (Å²) in [6.45, 7) is 2.22. The van der Waals surface area contributed by atoms with Gasteiger partial charge in [-0.15, -0.1) is 22.7 Å². The highest BCUT2D eigenvalue weighted by Crippen LogP contribution is 2.41. The van der Waals surface area contributed by atoms with E-state index < -0.39 is 5.97 Å². The summed E-state index contributed by atoms with van der Waals surface area (Å²) in [5.41, 5.74) is 0.520. The first-order chi connectivity index (χ1) is 13.1. The number of halogens is 1. The smallest absolute Gasteiger partial charge is 0.355 e. The van der Waals surface area contributed by atoms with Gasteiger partial charge in [-0.1, -0.05) is 44.2 Å². The molecule has 2 aromatic heterocycles. The number of aryl methyl sites for hydroxylation is 1. The molecule has 3 rings (SSSR count). The van der Waals surface area contributed by atoms with Gasteiger partial charge in [0.25, 0.3) is 0 Å². The third-order valence-electron chi connectivity index (χ3n) is 4.27. The maximum absolute atomic E-state index is 12.5. The molecule has 0 fully saturated rings. The zero-order valence-electron chi connectivity index (χ0n) is 15.1. The van der Waals surface area contributed by atoms with E-state index in [0.717, 1.165) is 15.8 Å². The quantitative estimate of drug-likeness (QED) is 0.221. The third-order valence-corrected chi connectivity index (χ3v) is 7.33. The van der Waals surface area contributed by atoms with Crippen LogP contribution in [0.15, 0.2) is 30.3 Å². The van der Waals surface area contributed by atoms with Gasteiger partial charge in [0.2, 0.25) is 0 Å². The average molecular weight is 418 g/mol. The molecule has 0 amide bonds. The van der Waals surface area contributed by atoms with Gasteiger partial charge in [0.05, 0.1) is 21.4 Å². The van der Waals surface area contributed by atoms with Gasteiger partial charge in [0, 0.05) is 9.58 Å². The largest absolute Gasteiger partial charge is 0.422 e. The SMILES string of the molecule is CCCCCCCc1cc2sc(C(=O)Oc3ccc(C#N)cc3)c(Cl)c2s1. The lowest BCUT2D eigenvalue weighted by atomic mass is 10.1. The first kappa shape index (κ1) is 19.9. The Morgan fingerprint density at radius 1 is 1.15 bits per heavy atom. The lowest BCUT2D eigenvalue weighted by Crippen LogP contribution is -2.06. The number of carbonyl (C=O) groups is 1. The minimum Gasteiger partial charge on any atom is -0.422 e. The highest BCUT2D eigenvalue weighted by atomic mass is 35.5. The van der Waals surface area contributed by atoms with Gasteiger partial charge in [0.1, 0.15) is 10.6 Å². The number of unbranched alkanes of at least 4 members (excludes halogenated alkanes) is 4. The van der Waals surface area contributed by atoms with Gasteiger partial charge in [-0.25, -0.2) is 4.79 Å². The molecule has 0 atom stereocenters. The van der Waals surface area contributed by atoms with Crippen LogP contribution in [-0.2, 0) is 6.42 Å². The number of nitrogens with zero attached hydrogens (tertiary/aromatic N) is 1. The summed E-state index contributed by atoms with van der Waals surface area (Å²) in [5, 5.41) is 9.31. The molecule has 0 aliphatic heterocycles. The number of hydrogen-bond acceptors (Lipinski definition) is 5. The molecule has 6 heteroatoms. The van der Waals surface area contributed by atoms with Crippen LogP contribution in [-0.4, -0.2) is 5.97 Å². The second-order valence-electron chi connectivity index (χ2n) is 6.34. The summed E-state index contributed by atoms with van der Waals surface area (Å²) in [6, 6.07) is 10.6. The molecular weight excluding hydrogens is 398 g/mol. The number of fused-ring (bicyclic) bond motifs is 1. The van der Waals surface area contributed by atoms with E-state index in [0.29, 0.717) is 21.2 Å². The third kappa shape index (κ3) is 4.90. The standard InChI is InChI=1S/C21H20ClNO2S2/c1-2-3-4-5-6-7-16-12-17-19(26-16)18(22)20(27-17)21(24)25-15-10-8-14(13-23)9-11-15/h8-12H,2-7H2,1H3. The summed E-state index contributed by atoms with van der Waals surface area (Å²) in [7, 11) is 0. The van der Waals surface area contributed by atoms with Crippen molar-refractivity contribution in [2.45, 2.75) is 45.4 Å². The van der Waals surface area contributed by atoms with Crippen molar-refractivity contribution >= 4 is 49.6 Å². The van der Waals surface area contributed by atoms with Gasteiger partial charge in [-0.3, -0.25) is 0 Å². The molecule has 0 unspecified atom stereocenters. The highest BCUT2D eigenvalue weighted by molar-refractivity contribution is 7.29. The molecule has 27 heavy (non-hydrogen) atoms. The monoisotopic (exact) mass is 417 g/mol. The predicted molar refractivity (Wildman–Crippen MR) is 113 cm³/mol. The predicted octanol–water partition coefficient (Wildman–Crippen LogP) is 7.22. The van der Waals surface area contributed by atoms with Crippen molar-refractivity contribution < 1.29 is 9.53 Å². The molecule has 3 nitrogen and oxygen atoms in total. The van der Waals surface area contributed by atoms with Crippen molar-refractivity contribution in [1.82, 2.24) is 0 Å². The van der Waals surface area contributed by atoms with E-state index in [4.69, 9.17) is 21.6 Å². The van der Waals surface area contributed by atoms with Crippen molar-refractivity contribution in [3.05, 3.63) is 50.7 Å². The molecule has 0 aliphatic carbocycles. The van der Waals surface area contributed by atoms with Crippen LogP contribution in [0.2, 0.25) is 5.02 Å². The molecule has 0 saturated carbocycles. The Bertz CT molecular complexity index is 967. The van der Waals surface area contributed by atoms with Crippen LogP contribution < -0.4 is 4.74 Å². The van der Waals surface area contributed by atoms with Gasteiger partial charge in [0.15, 0.2) is 0 Å². The Hall–Kier alpha value is -1.87. The average Bonchev–Trinajstić information content (AvgIpc) is 3.21. The number of thiophene rings is 2. The summed E-state index contributed by atoms with van der Waals surface area (Å²) in [4.78, 5) is 14.2. The van der Waals surface area contributed by atoms with Crippen LogP contribution in [0.25, 0.3) is 9.40 Å². The lowest BCUT2D eigenvalue weighted by Gasteiger charge is -2.03. The Kier molecular flexibility index (Phi) is 6.89. The molecule has 0 radical (unpaired) electrons. The molecule has 0 aliphatic rings. The van der Waals surface area contributed by atoms with Gasteiger partial charge >= 0.3 is 5.97 Å². The van der Waals surface area contributed by atoms with E-state index in [1.165, 1.54) is 48.3 Å². The van der Waals surface area contributed by atoms with E-state index in [-0.39, 0.29) is 0 Å². The van der Waals surface area contributed by atoms with Crippen LogP contribution in [0, 0.1) is 11.3 Å². The first-order valence-electron chi connectivity index (χ1n) is 9.05. The highest BCUT2D eigenvalue weighted by Gasteiger charge is 2.21. The number of ether oxygens (including phenoxy) is 1. The van der Waals surface area contributed by atoms with E-state index in [9.17, 15) is 4.79 Å². The van der Waals surface area contributed by atoms with Crippen molar-refractivity contribution in [3.8, 4) is 11.8 Å². The van der Waals surface area contributed by atoms with Crippen molar-refractivity contribution in [3.63, 3.8) is 0 Å². The Labute approximate surface area is 172 Å². The topological polar surface area (TPSA) is 50.1 Å². The second-order valence-corrected chi connectivity index (χ2v) is 8.91. The number of benzene rings is 1. The summed E-state index contributed by atoms with van der Waals surface area (Å²) < 4.78 is 7.41. The maximum Gasteiger partial charge on any atom is 0.355 e. The van der Waals surface area contributed by atoms with Crippen molar-refractivity contribution in [2.24, 2.45) is 0 Å². The van der Waals surface area contributed by atoms with Gasteiger partial charge < -0.3 is 4.74 Å². The van der Waals surface area contributed by atoms with E-state index in [1.807, 2.05) is 6.07 Å². The van der Waals surface area contributed by atoms with E-state index in [1.54, 1.807) is 35.6 Å². The summed E-state index contributed by atoms with van der Waals surface area (Å²) >= 11 is 9.51. The molecule has 0 N–H and O–H groups in total. The normalized spacial score (nSPS) is 10.9. The van der Waals surface area contributed by atoms with Crippen molar-refractivity contribution in [1.29, 1.82) is 5.26 Å². The lowest BCUT2D eigenvalue weighted by molar-refractivity contribution is 0.0740. The molecule has 0 spiro atoms. The Morgan fingerprint density at radius 3 is 2.56 bits per heavy atom. The molecular formula is C21H20ClNO2S2. The molecule has 140 valence electrons. The molecule has 0 saturated heterocycles. The summed E-state index contributed by atoms with van der Waals surface area (Å²) in [6.07, 6.45) is 7.37. The van der Waals surface area contributed by atoms with Gasteiger partial charge in [-0.05, 0) is 43.2 Å². The fraction of sp³-hybridized carbons (Fsp3) is 0.333. The minimum atomic E-state index is -0.459.